The molecule has 7 nitrogen and oxygen atoms in total. The third kappa shape index (κ3) is 3.14. The van der Waals surface area contributed by atoms with E-state index in [4.69, 9.17) is 10.5 Å². The third-order valence-corrected chi connectivity index (χ3v) is 9.81. The monoisotopic (exact) mass is 490 g/mol. The number of nitrogens with zero attached hydrogens (tertiary/aromatic N) is 1. The summed E-state index contributed by atoms with van der Waals surface area (Å²) in [6.07, 6.45) is 3.16. The van der Waals surface area contributed by atoms with Crippen LogP contribution in [0.25, 0.3) is 0 Å². The number of aliphatic hydroxyl groups is 1. The lowest BCUT2D eigenvalue weighted by Gasteiger charge is -2.52. The number of rotatable bonds is 3. The molecule has 2 amide bonds. The van der Waals surface area contributed by atoms with E-state index in [0.29, 0.717) is 41.7 Å². The zero-order valence-electron chi connectivity index (χ0n) is 20.8. The fourth-order valence-electron chi connectivity index (χ4n) is 8.33. The van der Waals surface area contributed by atoms with Gasteiger partial charge in [-0.25, -0.2) is 4.79 Å². The Balaban J connectivity index is 1.43. The molecule has 2 aromatic rings. The first-order valence-electron chi connectivity index (χ1n) is 13.1. The van der Waals surface area contributed by atoms with Crippen molar-refractivity contribution >= 4 is 12.0 Å². The van der Waals surface area contributed by atoms with Gasteiger partial charge in [-0.2, -0.15) is 0 Å². The molecule has 4 aliphatic rings. The number of aryl methyl sites for hydroxylation is 1. The first-order valence-corrected chi connectivity index (χ1v) is 13.1. The molecule has 7 heteroatoms. The molecule has 0 bridgehead atoms. The normalized spacial score (nSPS) is 36.8. The first kappa shape index (κ1) is 23.3. The van der Waals surface area contributed by atoms with Gasteiger partial charge in [0, 0.05) is 17.5 Å². The van der Waals surface area contributed by atoms with Gasteiger partial charge in [-0.05, 0) is 97.7 Å². The Bertz CT molecular complexity index is 1250. The molecule has 1 heterocycles. The van der Waals surface area contributed by atoms with E-state index in [2.05, 4.69) is 13.0 Å². The van der Waals surface area contributed by atoms with Crippen molar-refractivity contribution in [2.75, 3.05) is 6.54 Å². The number of carbonyl (C=O) groups excluding carboxylic acids is 2. The van der Waals surface area contributed by atoms with E-state index in [9.17, 15) is 19.8 Å². The van der Waals surface area contributed by atoms with Crippen molar-refractivity contribution in [1.82, 2.24) is 4.90 Å². The van der Waals surface area contributed by atoms with Crippen molar-refractivity contribution in [3.63, 3.8) is 0 Å². The average molecular weight is 491 g/mol. The molecule has 2 aromatic carbocycles. The number of fused-ring (bicyclic) bond motifs is 7. The second kappa shape index (κ2) is 7.97. The van der Waals surface area contributed by atoms with Crippen molar-refractivity contribution in [3.05, 3.63) is 64.7 Å². The van der Waals surface area contributed by atoms with Crippen LogP contribution in [0.1, 0.15) is 78.5 Å². The van der Waals surface area contributed by atoms with Crippen LogP contribution in [0.15, 0.2) is 42.5 Å². The molecule has 1 aliphatic heterocycles. The van der Waals surface area contributed by atoms with Gasteiger partial charge in [-0.3, -0.25) is 9.69 Å². The zero-order valence-corrected chi connectivity index (χ0v) is 20.8. The van der Waals surface area contributed by atoms with Crippen molar-refractivity contribution in [2.45, 2.75) is 69.6 Å². The lowest BCUT2D eigenvalue weighted by molar-refractivity contribution is -0.173. The van der Waals surface area contributed by atoms with E-state index in [-0.39, 0.29) is 11.3 Å². The zero-order chi connectivity index (χ0) is 25.4. The molecule has 3 aliphatic carbocycles. The fraction of sp³-hybridized carbons (Fsp3) is 0.517. The summed E-state index contributed by atoms with van der Waals surface area (Å²) in [5.74, 6) is 0.678. The van der Waals surface area contributed by atoms with E-state index in [1.807, 2.05) is 19.1 Å². The number of nitrogens with two attached hydrogens (primary N) is 1. The Morgan fingerprint density at radius 2 is 2.03 bits per heavy atom. The van der Waals surface area contributed by atoms with Crippen molar-refractivity contribution in [3.8, 4) is 5.75 Å². The van der Waals surface area contributed by atoms with Gasteiger partial charge in [0.25, 0.3) is 0 Å². The minimum absolute atomic E-state index is 0.180. The maximum absolute atomic E-state index is 13.3. The second-order valence-corrected chi connectivity index (χ2v) is 11.5. The molecule has 190 valence electrons. The summed E-state index contributed by atoms with van der Waals surface area (Å²) < 4.78 is 6.10. The Morgan fingerprint density at radius 1 is 1.22 bits per heavy atom. The predicted octanol–water partition coefficient (Wildman–Crippen LogP) is 4.27. The van der Waals surface area contributed by atoms with Crippen LogP contribution in [-0.2, 0) is 11.2 Å². The molecule has 7 atom stereocenters. The molecular weight excluding hydrogens is 456 g/mol. The maximum Gasteiger partial charge on any atom is 0.410 e. The Hall–Kier alpha value is -3.06. The van der Waals surface area contributed by atoms with E-state index < -0.39 is 29.7 Å². The average Bonchev–Trinajstić information content (AvgIpc) is 3.09. The van der Waals surface area contributed by atoms with Crippen LogP contribution in [-0.4, -0.2) is 45.4 Å². The minimum atomic E-state index is -1.29. The second-order valence-electron chi connectivity index (χ2n) is 11.5. The topological polar surface area (TPSA) is 113 Å². The first-order chi connectivity index (χ1) is 17.2. The summed E-state index contributed by atoms with van der Waals surface area (Å²) in [5.41, 5.74) is 7.52. The molecule has 0 spiro atoms. The molecule has 36 heavy (non-hydrogen) atoms. The Morgan fingerprint density at radius 3 is 2.78 bits per heavy atom. The summed E-state index contributed by atoms with van der Waals surface area (Å²) >= 11 is 0. The van der Waals surface area contributed by atoms with E-state index in [1.54, 1.807) is 29.2 Å². The molecule has 2 saturated carbocycles. The SMILES string of the molecule is CCN1C(=O)O[C@@H]2[C@@]3(C)CC[C@@H]4c5ccc(O)cc5CC[C@H]4[C@@H]3C[C@]2(O)[C@@H]1c1cccc(C(N)=O)c1. The van der Waals surface area contributed by atoms with Crippen LogP contribution in [0.4, 0.5) is 4.79 Å². The van der Waals surface area contributed by atoms with Crippen LogP contribution in [0, 0.1) is 17.3 Å². The fourth-order valence-corrected chi connectivity index (χ4v) is 8.33. The largest absolute Gasteiger partial charge is 0.508 e. The molecule has 6 rings (SSSR count). The quantitative estimate of drug-likeness (QED) is 0.595. The van der Waals surface area contributed by atoms with E-state index in [1.165, 1.54) is 11.1 Å². The van der Waals surface area contributed by atoms with Gasteiger partial charge in [0.2, 0.25) is 5.91 Å². The molecular formula is C29H34N2O5. The lowest BCUT2D eigenvalue weighted by Crippen LogP contribution is -2.62. The molecule has 0 radical (unpaired) electrons. The van der Waals surface area contributed by atoms with Crippen molar-refractivity contribution in [1.29, 1.82) is 0 Å². The number of phenols is 1. The summed E-state index contributed by atoms with van der Waals surface area (Å²) in [6, 6.07) is 12.1. The van der Waals surface area contributed by atoms with Crippen LogP contribution in [0.5, 0.6) is 5.75 Å². The highest BCUT2D eigenvalue weighted by Crippen LogP contribution is 2.67. The van der Waals surface area contributed by atoms with Crippen LogP contribution >= 0.6 is 0 Å². The molecule has 0 aromatic heterocycles. The highest BCUT2D eigenvalue weighted by molar-refractivity contribution is 5.93. The minimum Gasteiger partial charge on any atom is -0.508 e. The number of hydrogen-bond donors (Lipinski definition) is 3. The van der Waals surface area contributed by atoms with Gasteiger partial charge in [-0.1, -0.05) is 25.1 Å². The maximum atomic E-state index is 13.3. The lowest BCUT2D eigenvalue weighted by atomic mass is 9.55. The Kier molecular flexibility index (Phi) is 5.17. The standard InChI is InChI=1S/C29H34N2O5/c1-3-31-24(17-5-4-6-18(13-17)25(30)33)29(35)15-23-22-9-7-16-14-19(32)8-10-20(16)21(22)11-12-28(23,2)26(29)36-27(31)34/h4-6,8,10,13-14,21-24,26,32,35H,3,7,9,11-12,15H2,1-2H3,(H2,30,33)/t21-,22-,23+,24+,26-,28+,29+/m1/s1. The van der Waals surface area contributed by atoms with E-state index >= 15 is 0 Å². The third-order valence-electron chi connectivity index (χ3n) is 9.81. The van der Waals surface area contributed by atoms with E-state index in [0.717, 1.165) is 25.7 Å². The van der Waals surface area contributed by atoms with Gasteiger partial charge in [0.1, 0.15) is 17.5 Å². The number of amides is 2. The van der Waals surface area contributed by atoms with Crippen LogP contribution in [0.2, 0.25) is 0 Å². The summed E-state index contributed by atoms with van der Waals surface area (Å²) in [7, 11) is 0. The number of phenolic OH excluding ortho intramolecular Hbond substituents is 1. The number of primary amides is 1. The highest BCUT2D eigenvalue weighted by Gasteiger charge is 2.70. The van der Waals surface area contributed by atoms with Crippen molar-refractivity contribution in [2.24, 2.45) is 23.0 Å². The molecule has 0 unspecified atom stereocenters. The van der Waals surface area contributed by atoms with Gasteiger partial charge in [0.05, 0.1) is 6.04 Å². The number of hydrogen-bond acceptors (Lipinski definition) is 5. The number of benzene rings is 2. The summed E-state index contributed by atoms with van der Waals surface area (Å²) in [6.45, 7) is 4.45. The number of aromatic hydroxyl groups is 1. The number of likely N-dealkylation sites (N-methyl/N-ethyl adjacent to an activating group) is 1. The summed E-state index contributed by atoms with van der Waals surface area (Å²) in [4.78, 5) is 26.8. The molecule has 3 fully saturated rings. The Labute approximate surface area is 211 Å². The van der Waals surface area contributed by atoms with Gasteiger partial charge >= 0.3 is 6.09 Å². The van der Waals surface area contributed by atoms with Gasteiger partial charge in [-0.15, -0.1) is 0 Å². The van der Waals surface area contributed by atoms with Gasteiger partial charge < -0.3 is 20.7 Å². The predicted molar refractivity (Wildman–Crippen MR) is 133 cm³/mol. The number of ether oxygens (including phenoxy) is 1. The molecule has 1 saturated heterocycles. The molecule has 4 N–H and O–H groups in total. The smallest absolute Gasteiger partial charge is 0.410 e. The van der Waals surface area contributed by atoms with Crippen LogP contribution in [0.3, 0.4) is 0 Å². The summed E-state index contributed by atoms with van der Waals surface area (Å²) in [5, 5.41) is 22.5. The van der Waals surface area contributed by atoms with Crippen LogP contribution < -0.4 is 5.73 Å². The van der Waals surface area contributed by atoms with Crippen molar-refractivity contribution < 1.29 is 24.5 Å². The van der Waals surface area contributed by atoms with Gasteiger partial charge in [0.15, 0.2) is 0 Å². The number of carbonyl (C=O) groups is 2. The highest BCUT2D eigenvalue weighted by atomic mass is 16.6.